The van der Waals surface area contributed by atoms with E-state index in [2.05, 4.69) is 61.0 Å². The largest absolute Gasteiger partial charge is 0.398 e. The SMILES string of the molecule is CC[C@]1(C)NC(=O)[C@H](CCCCCC(=O)[C@H](C)O[Si](c2ccccc2)(c2ccccc2)C(C)(C)C)NC(=O)[C@H]2CCCN2C(=O)[C@H](Cc2ccc(-c3ccccc3)cc2)NC1=O. The lowest BCUT2D eigenvalue weighted by molar-refractivity contribution is -0.144. The Balaban J connectivity index is 1.11. The second kappa shape index (κ2) is 20.2. The zero-order valence-electron chi connectivity index (χ0n) is 37.2. The molecule has 328 valence electrons. The van der Waals surface area contributed by atoms with Crippen molar-refractivity contribution in [2.45, 2.75) is 134 Å². The number of rotatable bonds is 15. The van der Waals surface area contributed by atoms with Crippen LogP contribution in [0.2, 0.25) is 5.04 Å². The molecule has 0 bridgehead atoms. The van der Waals surface area contributed by atoms with Crippen LogP contribution in [0.1, 0.15) is 98.5 Å². The second-order valence-corrected chi connectivity index (χ2v) is 22.5. The van der Waals surface area contributed by atoms with Gasteiger partial charge in [-0.2, -0.15) is 0 Å². The van der Waals surface area contributed by atoms with E-state index < -0.39 is 49.9 Å². The van der Waals surface area contributed by atoms with E-state index in [4.69, 9.17) is 4.43 Å². The fourth-order valence-corrected chi connectivity index (χ4v) is 13.6. The van der Waals surface area contributed by atoms with Gasteiger partial charge in [0.05, 0.1) is 0 Å². The highest BCUT2D eigenvalue weighted by atomic mass is 28.4. The first-order valence-electron chi connectivity index (χ1n) is 22.4. The van der Waals surface area contributed by atoms with Crippen molar-refractivity contribution in [2.75, 3.05) is 6.54 Å². The first-order valence-corrected chi connectivity index (χ1v) is 24.3. The number of carbonyl (C=O) groups is 5. The van der Waals surface area contributed by atoms with E-state index in [1.54, 1.807) is 11.8 Å². The van der Waals surface area contributed by atoms with Gasteiger partial charge >= 0.3 is 0 Å². The minimum atomic E-state index is -2.92. The van der Waals surface area contributed by atoms with Gasteiger partial charge in [0.25, 0.3) is 8.32 Å². The molecule has 62 heavy (non-hydrogen) atoms. The molecule has 3 N–H and O–H groups in total. The molecule has 2 aliphatic rings. The molecule has 4 aromatic carbocycles. The van der Waals surface area contributed by atoms with Crippen molar-refractivity contribution in [3.8, 4) is 11.1 Å². The average molecular weight is 857 g/mol. The Kier molecular flexibility index (Phi) is 15.0. The quantitative estimate of drug-likeness (QED) is 0.0908. The normalized spacial score (nSPS) is 21.8. The molecule has 4 amide bonds. The van der Waals surface area contributed by atoms with Crippen molar-refractivity contribution >= 4 is 48.1 Å². The Bertz CT molecular complexity index is 2120. The van der Waals surface area contributed by atoms with Crippen LogP contribution in [0.15, 0.2) is 115 Å². The predicted molar refractivity (Wildman–Crippen MR) is 247 cm³/mol. The van der Waals surface area contributed by atoms with Crippen LogP contribution < -0.4 is 26.3 Å². The monoisotopic (exact) mass is 856 g/mol. The van der Waals surface area contributed by atoms with Crippen molar-refractivity contribution in [3.05, 3.63) is 121 Å². The molecule has 0 saturated carbocycles. The summed E-state index contributed by atoms with van der Waals surface area (Å²) in [7, 11) is -2.92. The average Bonchev–Trinajstić information content (AvgIpc) is 3.78. The molecule has 0 spiro atoms. The van der Waals surface area contributed by atoms with Crippen LogP contribution >= 0.6 is 0 Å². The maximum absolute atomic E-state index is 14.3. The third-order valence-corrected chi connectivity index (χ3v) is 17.9. The summed E-state index contributed by atoms with van der Waals surface area (Å²) >= 11 is 0. The van der Waals surface area contributed by atoms with Gasteiger partial charge in [-0.3, -0.25) is 24.0 Å². The van der Waals surface area contributed by atoms with E-state index in [-0.39, 0.29) is 35.5 Å². The number of hydrogen-bond donors (Lipinski definition) is 3. The van der Waals surface area contributed by atoms with Crippen molar-refractivity contribution in [1.29, 1.82) is 0 Å². The van der Waals surface area contributed by atoms with Crippen LogP contribution in [0, 0.1) is 0 Å². The molecule has 11 heteroatoms. The van der Waals surface area contributed by atoms with Gasteiger partial charge in [0.2, 0.25) is 23.6 Å². The van der Waals surface area contributed by atoms with Crippen LogP contribution in [0.5, 0.6) is 0 Å². The summed E-state index contributed by atoms with van der Waals surface area (Å²) in [5, 5.41) is 10.9. The molecule has 0 unspecified atom stereocenters. The fourth-order valence-electron chi connectivity index (χ4n) is 8.97. The number of nitrogens with zero attached hydrogens (tertiary/aromatic N) is 1. The number of hydrogen-bond acceptors (Lipinski definition) is 6. The van der Waals surface area contributed by atoms with E-state index in [0.29, 0.717) is 51.5 Å². The molecule has 5 atom stereocenters. The number of nitrogens with one attached hydrogen (secondary N) is 3. The third kappa shape index (κ3) is 10.4. The number of Topliss-reactive ketones (excluding diaryl/α,β-unsaturated/α-hetero) is 1. The number of fused-ring (bicyclic) bond motifs is 1. The Labute approximate surface area is 368 Å². The molecule has 4 aromatic rings. The molecular weight excluding hydrogens is 793 g/mol. The van der Waals surface area contributed by atoms with Crippen LogP contribution in [-0.2, 0) is 34.8 Å². The fraction of sp³-hybridized carbons (Fsp3) is 0.431. The predicted octanol–water partition coefficient (Wildman–Crippen LogP) is 6.64. The molecule has 10 nitrogen and oxygen atoms in total. The zero-order valence-corrected chi connectivity index (χ0v) is 38.2. The summed E-state index contributed by atoms with van der Waals surface area (Å²) in [6, 6.07) is 35.8. The van der Waals surface area contributed by atoms with Crippen LogP contribution in [0.25, 0.3) is 11.1 Å². The minimum Gasteiger partial charge on any atom is -0.398 e. The topological polar surface area (TPSA) is 134 Å². The standard InChI is InChI=1S/C51H64N4O6Si/c1-7-51(6)49(60)53-43(35-37-30-32-39(33-31-37)38-21-12-8-13-22-38)48(59)55-34-20-28-44(55)47(58)52-42(46(57)54-51)27-18-11-19-29-45(56)36(2)61-62(50(3,4)5,40-23-14-9-15-24-40)41-25-16-10-17-26-41/h8-10,12-17,21-26,30-33,36,42-44H,7,11,18-20,27-29,34-35H2,1-6H3,(H,52,58)(H,53,60)(H,54,57)/t36-,42-,43-,44+,51-/m0/s1. The summed E-state index contributed by atoms with van der Waals surface area (Å²) in [6.45, 7) is 12.3. The smallest absolute Gasteiger partial charge is 0.262 e. The van der Waals surface area contributed by atoms with E-state index in [9.17, 15) is 24.0 Å². The zero-order chi connectivity index (χ0) is 44.5. The van der Waals surface area contributed by atoms with Crippen LogP contribution in [0.4, 0.5) is 0 Å². The van der Waals surface area contributed by atoms with Gasteiger partial charge in [-0.1, -0.05) is 156 Å². The highest BCUT2D eigenvalue weighted by Crippen LogP contribution is 2.38. The summed E-state index contributed by atoms with van der Waals surface area (Å²) in [4.78, 5) is 71.7. The van der Waals surface area contributed by atoms with Gasteiger partial charge in [0.15, 0.2) is 5.78 Å². The van der Waals surface area contributed by atoms with Crippen LogP contribution in [-0.4, -0.2) is 78.9 Å². The van der Waals surface area contributed by atoms with Crippen molar-refractivity contribution in [3.63, 3.8) is 0 Å². The Morgan fingerprint density at radius 3 is 1.94 bits per heavy atom. The van der Waals surface area contributed by atoms with E-state index in [1.165, 1.54) is 0 Å². The van der Waals surface area contributed by atoms with Gasteiger partial charge in [-0.25, -0.2) is 0 Å². The maximum Gasteiger partial charge on any atom is 0.262 e. The molecule has 2 heterocycles. The van der Waals surface area contributed by atoms with Crippen molar-refractivity contribution in [2.24, 2.45) is 0 Å². The molecule has 2 aliphatic heterocycles. The molecule has 2 fully saturated rings. The molecule has 6 rings (SSSR count). The lowest BCUT2D eigenvalue weighted by Crippen LogP contribution is -2.68. The minimum absolute atomic E-state index is 0.0215. The first kappa shape index (κ1) is 46.1. The summed E-state index contributed by atoms with van der Waals surface area (Å²) in [5.41, 5.74) is 1.63. The van der Waals surface area contributed by atoms with Gasteiger partial charge in [0.1, 0.15) is 29.8 Å². The number of carbonyl (C=O) groups excluding carboxylic acids is 5. The molecule has 0 aliphatic carbocycles. The lowest BCUT2D eigenvalue weighted by atomic mass is 9.94. The van der Waals surface area contributed by atoms with Gasteiger partial charge in [-0.05, 0) is 78.1 Å². The van der Waals surface area contributed by atoms with Crippen molar-refractivity contribution in [1.82, 2.24) is 20.9 Å². The van der Waals surface area contributed by atoms with Gasteiger partial charge in [0, 0.05) is 19.4 Å². The van der Waals surface area contributed by atoms with E-state index in [1.807, 2.05) is 105 Å². The van der Waals surface area contributed by atoms with Crippen molar-refractivity contribution < 1.29 is 28.4 Å². The first-order chi connectivity index (χ1) is 29.7. The third-order valence-electron chi connectivity index (χ3n) is 12.8. The Morgan fingerprint density at radius 1 is 0.774 bits per heavy atom. The second-order valence-electron chi connectivity index (χ2n) is 18.2. The molecular formula is C51H64N4O6Si. The van der Waals surface area contributed by atoms with Gasteiger partial charge in [-0.15, -0.1) is 0 Å². The van der Waals surface area contributed by atoms with E-state index in [0.717, 1.165) is 27.1 Å². The Hall–Kier alpha value is -5.39. The number of benzene rings is 4. The molecule has 0 radical (unpaired) electrons. The lowest BCUT2D eigenvalue weighted by Gasteiger charge is -2.44. The summed E-state index contributed by atoms with van der Waals surface area (Å²) in [5.74, 6) is -1.58. The highest BCUT2D eigenvalue weighted by Gasteiger charge is 2.51. The van der Waals surface area contributed by atoms with E-state index >= 15 is 0 Å². The molecule has 2 saturated heterocycles. The maximum atomic E-state index is 14.3. The summed E-state index contributed by atoms with van der Waals surface area (Å²) in [6.07, 6.45) is 3.37. The summed E-state index contributed by atoms with van der Waals surface area (Å²) < 4.78 is 7.05. The number of amides is 4. The molecule has 0 aromatic heterocycles. The number of unbranched alkanes of at least 4 members (excludes halogenated alkanes) is 2. The number of ketones is 1. The van der Waals surface area contributed by atoms with Gasteiger partial charge < -0.3 is 25.3 Å². The highest BCUT2D eigenvalue weighted by molar-refractivity contribution is 6.99. The van der Waals surface area contributed by atoms with Crippen LogP contribution in [0.3, 0.4) is 0 Å². The Morgan fingerprint density at radius 2 is 1.35 bits per heavy atom.